The molecule has 0 aliphatic heterocycles. The Labute approximate surface area is 213 Å². The quantitative estimate of drug-likeness (QED) is 0.421. The van der Waals surface area contributed by atoms with Gasteiger partial charge in [-0.05, 0) is 62.7 Å². The number of carbonyl (C=O) groups excluding carboxylic acids is 3. The van der Waals surface area contributed by atoms with E-state index in [9.17, 15) is 14.4 Å². The van der Waals surface area contributed by atoms with E-state index in [2.05, 4.69) is 36.7 Å². The van der Waals surface area contributed by atoms with Crippen LogP contribution in [0, 0.1) is 29.6 Å². The third kappa shape index (κ3) is 8.21. The number of rotatable bonds is 9. The molecule has 35 heavy (non-hydrogen) atoms. The number of hydrogen-bond donors (Lipinski definition) is 3. The number of hydrogen-bond acceptors (Lipinski definition) is 3. The van der Waals surface area contributed by atoms with Crippen LogP contribution in [0.15, 0.2) is 0 Å². The fourth-order valence-corrected chi connectivity index (χ4v) is 6.55. The van der Waals surface area contributed by atoms with Crippen molar-refractivity contribution >= 4 is 17.7 Å². The predicted octanol–water partition coefficient (Wildman–Crippen LogP) is 5.10. The lowest BCUT2D eigenvalue weighted by molar-refractivity contribution is -0.136. The van der Waals surface area contributed by atoms with E-state index in [1.807, 2.05) is 6.92 Å². The Morgan fingerprint density at radius 2 is 1.03 bits per heavy atom. The highest BCUT2D eigenvalue weighted by atomic mass is 16.2. The predicted molar refractivity (Wildman–Crippen MR) is 141 cm³/mol. The first-order valence-corrected chi connectivity index (χ1v) is 14.7. The van der Waals surface area contributed by atoms with Crippen molar-refractivity contribution < 1.29 is 14.4 Å². The van der Waals surface area contributed by atoms with Gasteiger partial charge in [-0.1, -0.05) is 66.2 Å². The van der Waals surface area contributed by atoms with Crippen LogP contribution in [0.1, 0.15) is 118 Å². The molecule has 6 heteroatoms. The highest BCUT2D eigenvalue weighted by Gasteiger charge is 2.35. The van der Waals surface area contributed by atoms with Crippen LogP contribution in [0.25, 0.3) is 0 Å². The van der Waals surface area contributed by atoms with Gasteiger partial charge in [-0.2, -0.15) is 0 Å². The van der Waals surface area contributed by atoms with Gasteiger partial charge in [-0.3, -0.25) is 14.4 Å². The molecular formula is C29H51N3O3. The number of amides is 3. The normalized spacial score (nSPS) is 33.3. The summed E-state index contributed by atoms with van der Waals surface area (Å²) in [6, 6.07) is 0.598. The SMILES string of the molecule is CC1CCCCC1NC(=O)CCC(C(=O)NC1CCCCC1C)C(C)C(=O)NC1CCCCC1C. The fourth-order valence-electron chi connectivity index (χ4n) is 6.55. The maximum atomic E-state index is 13.5. The van der Waals surface area contributed by atoms with Crippen molar-refractivity contribution in [1.29, 1.82) is 0 Å². The summed E-state index contributed by atoms with van der Waals surface area (Å²) in [5.41, 5.74) is 0. The number of carbonyl (C=O) groups is 3. The Morgan fingerprint density at radius 3 is 1.49 bits per heavy atom. The minimum absolute atomic E-state index is 0.0149. The van der Waals surface area contributed by atoms with Gasteiger partial charge in [0.2, 0.25) is 17.7 Å². The molecule has 0 saturated heterocycles. The molecule has 3 N–H and O–H groups in total. The molecule has 200 valence electrons. The van der Waals surface area contributed by atoms with Gasteiger partial charge in [0.25, 0.3) is 0 Å². The molecule has 3 saturated carbocycles. The summed E-state index contributed by atoms with van der Waals surface area (Å²) < 4.78 is 0. The van der Waals surface area contributed by atoms with Gasteiger partial charge >= 0.3 is 0 Å². The van der Waals surface area contributed by atoms with Crippen molar-refractivity contribution in [3.8, 4) is 0 Å². The average molecular weight is 490 g/mol. The third-order valence-electron chi connectivity index (χ3n) is 9.37. The van der Waals surface area contributed by atoms with Crippen molar-refractivity contribution in [1.82, 2.24) is 16.0 Å². The first kappa shape index (κ1) is 28.0. The van der Waals surface area contributed by atoms with Crippen LogP contribution in [-0.4, -0.2) is 35.8 Å². The maximum absolute atomic E-state index is 13.5. The fraction of sp³-hybridized carbons (Fsp3) is 0.897. The van der Waals surface area contributed by atoms with Crippen LogP contribution in [0.3, 0.4) is 0 Å². The molecule has 0 aromatic rings. The van der Waals surface area contributed by atoms with E-state index in [4.69, 9.17) is 0 Å². The average Bonchev–Trinajstić information content (AvgIpc) is 2.83. The minimum Gasteiger partial charge on any atom is -0.353 e. The maximum Gasteiger partial charge on any atom is 0.224 e. The summed E-state index contributed by atoms with van der Waals surface area (Å²) in [4.78, 5) is 39.6. The van der Waals surface area contributed by atoms with E-state index in [-0.39, 0.29) is 35.8 Å². The Bertz CT molecular complexity index is 711. The molecule has 0 aromatic carbocycles. The Hall–Kier alpha value is -1.59. The van der Waals surface area contributed by atoms with Crippen molar-refractivity contribution in [3.05, 3.63) is 0 Å². The molecular weight excluding hydrogens is 438 g/mol. The second kappa shape index (κ2) is 13.6. The summed E-state index contributed by atoms with van der Waals surface area (Å²) in [6.45, 7) is 8.50. The lowest BCUT2D eigenvalue weighted by atomic mass is 9.82. The van der Waals surface area contributed by atoms with Crippen LogP contribution in [-0.2, 0) is 14.4 Å². The smallest absolute Gasteiger partial charge is 0.224 e. The van der Waals surface area contributed by atoms with E-state index in [1.54, 1.807) is 0 Å². The first-order chi connectivity index (χ1) is 16.8. The molecule has 3 aliphatic carbocycles. The zero-order valence-electron chi connectivity index (χ0n) is 22.7. The highest BCUT2D eigenvalue weighted by Crippen LogP contribution is 2.28. The standard InChI is InChI=1S/C29H51N3O3/c1-19-11-5-8-14-24(19)30-27(33)18-17-23(29(35)32-26-16-10-7-13-21(26)3)22(4)28(34)31-25-15-9-6-12-20(25)2/h19-26H,5-18H2,1-4H3,(H,30,33)(H,31,34)(H,32,35). The Morgan fingerprint density at radius 1 is 0.629 bits per heavy atom. The molecule has 0 spiro atoms. The van der Waals surface area contributed by atoms with Crippen molar-refractivity contribution in [2.45, 2.75) is 136 Å². The minimum atomic E-state index is -0.488. The molecule has 3 amide bonds. The molecule has 0 radical (unpaired) electrons. The highest BCUT2D eigenvalue weighted by molar-refractivity contribution is 5.88. The number of nitrogens with one attached hydrogen (secondary N) is 3. The van der Waals surface area contributed by atoms with Crippen LogP contribution in [0.2, 0.25) is 0 Å². The van der Waals surface area contributed by atoms with Crippen LogP contribution in [0.4, 0.5) is 0 Å². The second-order valence-electron chi connectivity index (χ2n) is 12.1. The summed E-state index contributed by atoms with van der Waals surface area (Å²) in [7, 11) is 0. The second-order valence-corrected chi connectivity index (χ2v) is 12.1. The zero-order valence-corrected chi connectivity index (χ0v) is 22.7. The topological polar surface area (TPSA) is 87.3 Å². The van der Waals surface area contributed by atoms with E-state index in [0.717, 1.165) is 57.8 Å². The van der Waals surface area contributed by atoms with Crippen molar-refractivity contribution in [2.24, 2.45) is 29.6 Å². The van der Waals surface area contributed by atoms with Gasteiger partial charge in [0.1, 0.15) is 0 Å². The first-order valence-electron chi connectivity index (χ1n) is 14.7. The Balaban J connectivity index is 1.62. The largest absolute Gasteiger partial charge is 0.353 e. The summed E-state index contributed by atoms with van der Waals surface area (Å²) in [5.74, 6) is 0.406. The van der Waals surface area contributed by atoms with Crippen LogP contribution in [0.5, 0.6) is 0 Å². The van der Waals surface area contributed by atoms with Gasteiger partial charge in [-0.15, -0.1) is 0 Å². The van der Waals surface area contributed by atoms with E-state index in [0.29, 0.717) is 30.6 Å². The molecule has 0 aromatic heterocycles. The third-order valence-corrected chi connectivity index (χ3v) is 9.37. The lowest BCUT2D eigenvalue weighted by Crippen LogP contribution is -2.49. The molecule has 6 nitrogen and oxygen atoms in total. The van der Waals surface area contributed by atoms with Crippen LogP contribution < -0.4 is 16.0 Å². The van der Waals surface area contributed by atoms with Gasteiger partial charge in [0.05, 0.1) is 0 Å². The zero-order chi connectivity index (χ0) is 25.4. The van der Waals surface area contributed by atoms with Crippen molar-refractivity contribution in [2.75, 3.05) is 0 Å². The molecule has 3 rings (SSSR count). The van der Waals surface area contributed by atoms with Gasteiger partial charge in [-0.25, -0.2) is 0 Å². The van der Waals surface area contributed by atoms with Crippen LogP contribution >= 0.6 is 0 Å². The molecule has 0 bridgehead atoms. The monoisotopic (exact) mass is 489 g/mol. The van der Waals surface area contributed by atoms with Gasteiger partial charge < -0.3 is 16.0 Å². The summed E-state index contributed by atoms with van der Waals surface area (Å²) in [5, 5.41) is 9.75. The van der Waals surface area contributed by atoms with E-state index < -0.39 is 11.8 Å². The molecule has 3 aliphatic rings. The Kier molecular flexibility index (Phi) is 10.9. The van der Waals surface area contributed by atoms with E-state index >= 15 is 0 Å². The molecule has 8 unspecified atom stereocenters. The summed E-state index contributed by atoms with van der Waals surface area (Å²) in [6.07, 6.45) is 14.3. The van der Waals surface area contributed by atoms with Gasteiger partial charge in [0, 0.05) is 36.4 Å². The van der Waals surface area contributed by atoms with Gasteiger partial charge in [0.15, 0.2) is 0 Å². The molecule has 8 atom stereocenters. The molecule has 3 fully saturated rings. The molecule has 0 heterocycles. The summed E-state index contributed by atoms with van der Waals surface area (Å²) >= 11 is 0. The van der Waals surface area contributed by atoms with E-state index in [1.165, 1.54) is 19.3 Å². The lowest BCUT2D eigenvalue weighted by Gasteiger charge is -2.34. The van der Waals surface area contributed by atoms with Crippen molar-refractivity contribution in [3.63, 3.8) is 0 Å².